The number of hydrogen-bond donors (Lipinski definition) is 1. The average molecular weight is 550 g/mol. The predicted molar refractivity (Wildman–Crippen MR) is 154 cm³/mol. The number of benzene rings is 1. The first-order valence-corrected chi connectivity index (χ1v) is 14.7. The van der Waals surface area contributed by atoms with Gasteiger partial charge in [-0.3, -0.25) is 14.4 Å². The second-order valence-electron chi connectivity index (χ2n) is 12.2. The molecule has 4 aliphatic rings. The molecule has 0 aromatic heterocycles. The minimum Gasteiger partial charge on any atom is -0.394 e. The number of amides is 3. The van der Waals surface area contributed by atoms with Crippen LogP contribution in [0.2, 0.25) is 0 Å². The second-order valence-corrected chi connectivity index (χ2v) is 12.2. The number of fused-ring (bicyclic) bond motifs is 2. The number of rotatable bonds is 7. The van der Waals surface area contributed by atoms with E-state index in [2.05, 4.69) is 0 Å². The maximum atomic E-state index is 14.8. The van der Waals surface area contributed by atoms with Gasteiger partial charge in [0, 0.05) is 25.3 Å². The van der Waals surface area contributed by atoms with Crippen molar-refractivity contribution >= 4 is 23.4 Å². The number of hydrogen-bond acceptors (Lipinski definition) is 5. The Labute approximate surface area is 237 Å². The Morgan fingerprint density at radius 3 is 2.38 bits per heavy atom. The van der Waals surface area contributed by atoms with E-state index >= 15 is 0 Å². The summed E-state index contributed by atoms with van der Waals surface area (Å²) in [4.78, 5) is 48.7. The Balaban J connectivity index is 1.72. The standard InChI is InChI=1S/C32H43N3O5/c1-7-15-33-16-9-13-31(8-2)25(28(33)37)26-29(38)35(24(19-36)20(3)4)27-30(39)34(17-10-14-32(26,27)40-31)23-18-21(5)11-12-22(23)6/h9-14,18,20,24-27,36H,7-8,15-17,19H2,1-6H3/t24-,25+,26-,27?,31-,32-/m0/s1. The van der Waals surface area contributed by atoms with Crippen LogP contribution in [-0.4, -0.2) is 82.2 Å². The van der Waals surface area contributed by atoms with Gasteiger partial charge in [-0.2, -0.15) is 0 Å². The molecule has 0 aliphatic carbocycles. The van der Waals surface area contributed by atoms with Crippen LogP contribution in [0.3, 0.4) is 0 Å². The quantitative estimate of drug-likeness (QED) is 0.527. The fraction of sp³-hybridized carbons (Fsp3) is 0.594. The van der Waals surface area contributed by atoms with Gasteiger partial charge in [-0.05, 0) is 49.8 Å². The summed E-state index contributed by atoms with van der Waals surface area (Å²) in [6, 6.07) is 4.39. The number of carbonyl (C=O) groups is 3. The molecule has 0 radical (unpaired) electrons. The van der Waals surface area contributed by atoms with Crippen LogP contribution in [-0.2, 0) is 19.1 Å². The molecule has 0 bridgehead atoms. The van der Waals surface area contributed by atoms with Gasteiger partial charge < -0.3 is 24.5 Å². The van der Waals surface area contributed by atoms with Crippen LogP contribution in [0.4, 0.5) is 5.69 Å². The number of likely N-dealkylation sites (tertiary alicyclic amines) is 1. The van der Waals surface area contributed by atoms with E-state index in [1.54, 1.807) is 9.80 Å². The number of ether oxygens (including phenoxy) is 1. The lowest BCUT2D eigenvalue weighted by Crippen LogP contribution is -2.60. The van der Waals surface area contributed by atoms with Gasteiger partial charge in [-0.15, -0.1) is 0 Å². The lowest BCUT2D eigenvalue weighted by atomic mass is 9.73. The van der Waals surface area contributed by atoms with Crippen LogP contribution in [0.5, 0.6) is 0 Å². The van der Waals surface area contributed by atoms with E-state index in [-0.39, 0.29) is 30.2 Å². The maximum absolute atomic E-state index is 14.8. The Kier molecular flexibility index (Phi) is 7.46. The zero-order chi connectivity index (χ0) is 29.0. The van der Waals surface area contributed by atoms with Gasteiger partial charge in [0.25, 0.3) is 5.91 Å². The van der Waals surface area contributed by atoms with Crippen molar-refractivity contribution in [2.75, 3.05) is 31.1 Å². The Morgan fingerprint density at radius 2 is 1.73 bits per heavy atom. The highest BCUT2D eigenvalue weighted by Gasteiger charge is 2.76. The molecule has 5 rings (SSSR count). The van der Waals surface area contributed by atoms with Crippen molar-refractivity contribution in [2.45, 2.75) is 77.7 Å². The highest BCUT2D eigenvalue weighted by atomic mass is 16.5. The molecule has 40 heavy (non-hydrogen) atoms. The maximum Gasteiger partial charge on any atom is 0.253 e. The lowest BCUT2D eigenvalue weighted by Gasteiger charge is -2.42. The second kappa shape index (κ2) is 10.5. The lowest BCUT2D eigenvalue weighted by molar-refractivity contribution is -0.153. The van der Waals surface area contributed by atoms with Gasteiger partial charge >= 0.3 is 0 Å². The van der Waals surface area contributed by atoms with Gasteiger partial charge in [-0.25, -0.2) is 0 Å². The Morgan fingerprint density at radius 1 is 1.00 bits per heavy atom. The molecule has 1 spiro atoms. The smallest absolute Gasteiger partial charge is 0.253 e. The Hall–Kier alpha value is -2.97. The van der Waals surface area contributed by atoms with E-state index in [1.807, 2.05) is 88.9 Å². The van der Waals surface area contributed by atoms with Gasteiger partial charge in [0.05, 0.1) is 30.1 Å². The first kappa shape index (κ1) is 28.6. The zero-order valence-electron chi connectivity index (χ0n) is 24.6. The molecule has 216 valence electrons. The molecule has 3 amide bonds. The van der Waals surface area contributed by atoms with E-state index in [0.717, 1.165) is 23.2 Å². The van der Waals surface area contributed by atoms with Crippen molar-refractivity contribution in [3.63, 3.8) is 0 Å². The molecule has 2 fully saturated rings. The number of aryl methyl sites for hydroxylation is 2. The van der Waals surface area contributed by atoms with Crippen molar-refractivity contribution < 1.29 is 24.2 Å². The molecule has 1 aromatic rings. The highest BCUT2D eigenvalue weighted by Crippen LogP contribution is 2.59. The van der Waals surface area contributed by atoms with Crippen LogP contribution in [0.1, 0.15) is 51.7 Å². The summed E-state index contributed by atoms with van der Waals surface area (Å²) in [5.41, 5.74) is 0.429. The summed E-state index contributed by atoms with van der Waals surface area (Å²) >= 11 is 0. The number of aliphatic hydroxyl groups is 1. The molecular formula is C32H43N3O5. The van der Waals surface area contributed by atoms with E-state index in [9.17, 15) is 19.5 Å². The molecule has 1 N–H and O–H groups in total. The summed E-state index contributed by atoms with van der Waals surface area (Å²) in [6.45, 7) is 12.9. The van der Waals surface area contributed by atoms with Crippen molar-refractivity contribution in [2.24, 2.45) is 17.8 Å². The van der Waals surface area contributed by atoms with Gasteiger partial charge in [0.2, 0.25) is 11.8 Å². The molecule has 1 unspecified atom stereocenters. The zero-order valence-corrected chi connectivity index (χ0v) is 24.6. The van der Waals surface area contributed by atoms with E-state index in [0.29, 0.717) is 26.1 Å². The van der Waals surface area contributed by atoms with Crippen LogP contribution >= 0.6 is 0 Å². The average Bonchev–Trinajstić information content (AvgIpc) is 3.21. The number of carbonyl (C=O) groups excluding carboxylic acids is 3. The molecule has 4 aliphatic heterocycles. The van der Waals surface area contributed by atoms with E-state index < -0.39 is 35.1 Å². The molecule has 6 atom stereocenters. The predicted octanol–water partition coefficient (Wildman–Crippen LogP) is 3.39. The fourth-order valence-electron chi connectivity index (χ4n) is 7.42. The van der Waals surface area contributed by atoms with Gasteiger partial charge in [0.1, 0.15) is 11.6 Å². The minimum atomic E-state index is -1.33. The first-order chi connectivity index (χ1) is 19.1. The van der Waals surface area contributed by atoms with Crippen LogP contribution < -0.4 is 4.90 Å². The summed E-state index contributed by atoms with van der Waals surface area (Å²) in [6.07, 6.45) is 9.03. The highest BCUT2D eigenvalue weighted by molar-refractivity contribution is 6.06. The molecular weight excluding hydrogens is 506 g/mol. The summed E-state index contributed by atoms with van der Waals surface area (Å²) in [7, 11) is 0. The third-order valence-electron chi connectivity index (χ3n) is 9.42. The van der Waals surface area contributed by atoms with Crippen LogP contribution in [0.25, 0.3) is 0 Å². The molecule has 8 heteroatoms. The minimum absolute atomic E-state index is 0.105. The van der Waals surface area contributed by atoms with E-state index in [1.165, 1.54) is 0 Å². The fourth-order valence-corrected chi connectivity index (χ4v) is 7.42. The SMILES string of the molecule is CCCN1CC=C[C@]2(CC)O[C@]34C=CCN(c5cc(C)ccc5C)C(=O)C3N([C@@H](CO)C(C)C)C(=O)[C@@H]4[C@@H]2C1=O. The van der Waals surface area contributed by atoms with Gasteiger partial charge in [-0.1, -0.05) is 64.1 Å². The molecule has 4 heterocycles. The monoisotopic (exact) mass is 549 g/mol. The molecule has 1 aromatic carbocycles. The van der Waals surface area contributed by atoms with Crippen molar-refractivity contribution in [1.29, 1.82) is 0 Å². The normalized spacial score (nSPS) is 32.4. The summed E-state index contributed by atoms with van der Waals surface area (Å²) < 4.78 is 7.05. The van der Waals surface area contributed by atoms with E-state index in [4.69, 9.17) is 4.74 Å². The Bertz CT molecular complexity index is 1260. The number of nitrogens with zero attached hydrogens (tertiary/aromatic N) is 3. The van der Waals surface area contributed by atoms with Crippen LogP contribution in [0.15, 0.2) is 42.5 Å². The topological polar surface area (TPSA) is 90.4 Å². The summed E-state index contributed by atoms with van der Waals surface area (Å²) in [5, 5.41) is 10.5. The molecule has 0 saturated carbocycles. The van der Waals surface area contributed by atoms with Crippen molar-refractivity contribution in [1.82, 2.24) is 9.80 Å². The number of aliphatic hydroxyl groups excluding tert-OH is 1. The van der Waals surface area contributed by atoms with Crippen molar-refractivity contribution in [3.8, 4) is 0 Å². The first-order valence-electron chi connectivity index (χ1n) is 14.7. The largest absolute Gasteiger partial charge is 0.394 e. The van der Waals surface area contributed by atoms with Crippen LogP contribution in [0, 0.1) is 31.6 Å². The third kappa shape index (κ3) is 4.05. The molecule has 2 saturated heterocycles. The van der Waals surface area contributed by atoms with Crippen molar-refractivity contribution in [3.05, 3.63) is 53.6 Å². The molecule has 8 nitrogen and oxygen atoms in total. The number of anilines is 1. The third-order valence-corrected chi connectivity index (χ3v) is 9.42. The summed E-state index contributed by atoms with van der Waals surface area (Å²) in [5.74, 6) is -2.41. The van der Waals surface area contributed by atoms with Gasteiger partial charge in [0.15, 0.2) is 0 Å².